The van der Waals surface area contributed by atoms with Gasteiger partial charge in [-0.05, 0) is 35.8 Å². The molecule has 1 N–H and O–H groups in total. The lowest BCUT2D eigenvalue weighted by atomic mass is 9.57. The smallest absolute Gasteiger partial charge is 0.245 e. The van der Waals surface area contributed by atoms with Crippen molar-refractivity contribution in [2.24, 2.45) is 12.5 Å². The summed E-state index contributed by atoms with van der Waals surface area (Å²) in [5.41, 5.74) is 3.56. The standard InChI is InChI=1S/C26H23N5O/c1-3-21(32)31-13-26(14-31)10-15(11-26)25-28-23-18-7-5-4-6-16(18)17-8-9-20-19(12-27-29-20)22(17)24(23)30(25)2/h3-9,12,15H,1,10-11,13-14H2,2H3,(H,27,29). The zero-order valence-corrected chi connectivity index (χ0v) is 17.9. The Balaban J connectivity index is 1.40. The third-order valence-electron chi connectivity index (χ3n) is 7.73. The first-order valence-corrected chi connectivity index (χ1v) is 11.1. The van der Waals surface area contributed by atoms with Crippen molar-refractivity contribution in [1.82, 2.24) is 24.6 Å². The lowest BCUT2D eigenvalue weighted by Gasteiger charge is -2.58. The summed E-state index contributed by atoms with van der Waals surface area (Å²) >= 11 is 0. The van der Waals surface area contributed by atoms with E-state index < -0.39 is 0 Å². The molecule has 5 aromatic rings. The predicted molar refractivity (Wildman–Crippen MR) is 127 cm³/mol. The summed E-state index contributed by atoms with van der Waals surface area (Å²) in [5.74, 6) is 1.62. The van der Waals surface area contributed by atoms with Crippen LogP contribution in [-0.4, -0.2) is 43.6 Å². The van der Waals surface area contributed by atoms with Crippen molar-refractivity contribution >= 4 is 49.4 Å². The zero-order chi connectivity index (χ0) is 21.6. The molecule has 0 atom stereocenters. The molecule has 0 unspecified atom stereocenters. The van der Waals surface area contributed by atoms with E-state index in [1.165, 1.54) is 33.1 Å². The summed E-state index contributed by atoms with van der Waals surface area (Å²) < 4.78 is 2.30. The maximum atomic E-state index is 11.9. The van der Waals surface area contributed by atoms with Crippen LogP contribution in [0.2, 0.25) is 0 Å². The Morgan fingerprint density at radius 3 is 2.69 bits per heavy atom. The molecule has 2 aromatic heterocycles. The van der Waals surface area contributed by atoms with E-state index >= 15 is 0 Å². The summed E-state index contributed by atoms with van der Waals surface area (Å²) in [6.07, 6.45) is 5.52. The molecule has 0 bridgehead atoms. The fourth-order valence-electron chi connectivity index (χ4n) is 6.25. The Kier molecular flexibility index (Phi) is 3.35. The topological polar surface area (TPSA) is 66.8 Å². The van der Waals surface area contributed by atoms with E-state index in [1.807, 2.05) is 11.1 Å². The van der Waals surface area contributed by atoms with Crippen molar-refractivity contribution in [2.75, 3.05) is 13.1 Å². The molecule has 1 aliphatic heterocycles. The number of amides is 1. The monoisotopic (exact) mass is 421 g/mol. The lowest BCUT2D eigenvalue weighted by Crippen LogP contribution is -2.63. The highest BCUT2D eigenvalue weighted by molar-refractivity contribution is 6.29. The summed E-state index contributed by atoms with van der Waals surface area (Å²) in [6, 6.07) is 12.9. The zero-order valence-electron chi connectivity index (χ0n) is 17.9. The number of hydrogen-bond acceptors (Lipinski definition) is 3. The number of likely N-dealkylation sites (tertiary alicyclic amines) is 1. The number of imidazole rings is 1. The number of fused-ring (bicyclic) bond motifs is 8. The lowest BCUT2D eigenvalue weighted by molar-refractivity contribution is -0.146. The van der Waals surface area contributed by atoms with Gasteiger partial charge in [0.25, 0.3) is 0 Å². The number of rotatable bonds is 2. The van der Waals surface area contributed by atoms with Crippen LogP contribution >= 0.6 is 0 Å². The Hall–Kier alpha value is -3.67. The number of nitrogens with zero attached hydrogens (tertiary/aromatic N) is 4. The molecule has 3 heterocycles. The molecular formula is C26H23N5O. The third-order valence-corrected chi connectivity index (χ3v) is 7.73. The van der Waals surface area contributed by atoms with E-state index in [2.05, 4.69) is 64.8 Å². The van der Waals surface area contributed by atoms with Crippen molar-refractivity contribution < 1.29 is 4.79 Å². The van der Waals surface area contributed by atoms with Crippen molar-refractivity contribution in [1.29, 1.82) is 0 Å². The summed E-state index contributed by atoms with van der Waals surface area (Å²) in [4.78, 5) is 19.0. The molecule has 3 aromatic carbocycles. The third kappa shape index (κ3) is 2.17. The minimum absolute atomic E-state index is 0.0453. The molecule has 0 radical (unpaired) electrons. The molecule has 2 fully saturated rings. The summed E-state index contributed by atoms with van der Waals surface area (Å²) in [7, 11) is 2.15. The molecule has 6 heteroatoms. The van der Waals surface area contributed by atoms with Crippen molar-refractivity contribution in [3.63, 3.8) is 0 Å². The first kappa shape index (κ1) is 18.0. The number of benzene rings is 3. The maximum absolute atomic E-state index is 11.9. The van der Waals surface area contributed by atoms with Gasteiger partial charge < -0.3 is 9.47 Å². The molecular weight excluding hydrogens is 398 g/mol. The molecule has 1 saturated heterocycles. The fraction of sp³-hybridized carbons (Fsp3) is 0.269. The average Bonchev–Trinajstić information content (AvgIpc) is 3.36. The van der Waals surface area contributed by atoms with Crippen LogP contribution in [0.25, 0.3) is 43.5 Å². The van der Waals surface area contributed by atoms with Gasteiger partial charge in [0.1, 0.15) is 5.82 Å². The number of aromatic nitrogens is 4. The first-order chi connectivity index (χ1) is 15.6. The number of aromatic amines is 1. The highest BCUT2D eigenvalue weighted by atomic mass is 16.2. The maximum Gasteiger partial charge on any atom is 0.245 e. The minimum atomic E-state index is 0.0453. The van der Waals surface area contributed by atoms with E-state index in [0.29, 0.717) is 5.92 Å². The van der Waals surface area contributed by atoms with Crippen molar-refractivity contribution in [3.05, 3.63) is 61.1 Å². The molecule has 158 valence electrons. The Bertz CT molecular complexity index is 1590. The van der Waals surface area contributed by atoms with Crippen LogP contribution < -0.4 is 0 Å². The van der Waals surface area contributed by atoms with E-state index in [1.54, 1.807) is 0 Å². The summed E-state index contributed by atoms with van der Waals surface area (Å²) in [5, 5.41) is 13.4. The largest absolute Gasteiger partial charge is 0.338 e. The second-order valence-corrected chi connectivity index (χ2v) is 9.59. The molecule has 1 amide bonds. The van der Waals surface area contributed by atoms with Crippen LogP contribution in [0.1, 0.15) is 24.6 Å². The van der Waals surface area contributed by atoms with E-state index in [0.717, 1.165) is 48.2 Å². The Labute approximate surface area is 184 Å². The number of hydrogen-bond donors (Lipinski definition) is 1. The van der Waals surface area contributed by atoms with Gasteiger partial charge >= 0.3 is 0 Å². The molecule has 6 nitrogen and oxygen atoms in total. The molecule has 1 spiro atoms. The van der Waals surface area contributed by atoms with Crippen LogP contribution in [0.5, 0.6) is 0 Å². The van der Waals surface area contributed by atoms with Gasteiger partial charge in [0.05, 0.1) is 22.7 Å². The number of carbonyl (C=O) groups is 1. The normalized spacial score (nSPS) is 18.0. The number of carbonyl (C=O) groups excluding carboxylic acids is 1. The summed E-state index contributed by atoms with van der Waals surface area (Å²) in [6.45, 7) is 5.30. The highest BCUT2D eigenvalue weighted by Gasteiger charge is 2.54. The van der Waals surface area contributed by atoms with Crippen molar-refractivity contribution in [3.8, 4) is 0 Å². The molecule has 1 aliphatic carbocycles. The van der Waals surface area contributed by atoms with Gasteiger partial charge in [0.15, 0.2) is 0 Å². The van der Waals surface area contributed by atoms with Gasteiger partial charge in [-0.25, -0.2) is 4.98 Å². The fourth-order valence-corrected chi connectivity index (χ4v) is 6.25. The Morgan fingerprint density at radius 2 is 1.91 bits per heavy atom. The van der Waals surface area contributed by atoms with Gasteiger partial charge in [-0.15, -0.1) is 0 Å². The van der Waals surface area contributed by atoms with Gasteiger partial charge in [-0.2, -0.15) is 5.10 Å². The number of aryl methyl sites for hydroxylation is 1. The van der Waals surface area contributed by atoms with Crippen LogP contribution in [0.15, 0.2) is 55.3 Å². The van der Waals surface area contributed by atoms with Gasteiger partial charge in [0, 0.05) is 47.6 Å². The highest BCUT2D eigenvalue weighted by Crippen LogP contribution is 2.56. The van der Waals surface area contributed by atoms with Crippen LogP contribution in [0, 0.1) is 5.41 Å². The van der Waals surface area contributed by atoms with Crippen LogP contribution in [0.4, 0.5) is 0 Å². The molecule has 7 rings (SSSR count). The minimum Gasteiger partial charge on any atom is -0.338 e. The predicted octanol–water partition coefficient (Wildman–Crippen LogP) is 4.65. The van der Waals surface area contributed by atoms with E-state index in [4.69, 9.17) is 4.98 Å². The van der Waals surface area contributed by atoms with Crippen molar-refractivity contribution in [2.45, 2.75) is 18.8 Å². The SMILES string of the molecule is C=CC(=O)N1CC2(CC(c3nc4c5ccccc5c5ccc6[nH]ncc6c5c4n3C)C2)C1. The quantitative estimate of drug-likeness (QED) is 0.333. The Morgan fingerprint density at radius 1 is 1.12 bits per heavy atom. The second kappa shape index (κ2) is 5.97. The van der Waals surface area contributed by atoms with Gasteiger partial charge in [0.2, 0.25) is 5.91 Å². The van der Waals surface area contributed by atoms with Gasteiger partial charge in [-0.1, -0.05) is 36.9 Å². The number of nitrogens with one attached hydrogen (secondary N) is 1. The first-order valence-electron chi connectivity index (χ1n) is 11.1. The van der Waals surface area contributed by atoms with Crippen LogP contribution in [-0.2, 0) is 11.8 Å². The average molecular weight is 422 g/mol. The van der Waals surface area contributed by atoms with Crippen LogP contribution in [0.3, 0.4) is 0 Å². The van der Waals surface area contributed by atoms with E-state index in [-0.39, 0.29) is 11.3 Å². The molecule has 1 saturated carbocycles. The van der Waals surface area contributed by atoms with Gasteiger partial charge in [-0.3, -0.25) is 9.89 Å². The number of H-pyrrole nitrogens is 1. The molecule has 32 heavy (non-hydrogen) atoms. The molecule has 2 aliphatic rings. The second-order valence-electron chi connectivity index (χ2n) is 9.59. The van der Waals surface area contributed by atoms with E-state index in [9.17, 15) is 4.79 Å².